The van der Waals surface area contributed by atoms with E-state index in [-0.39, 0.29) is 36.7 Å². The van der Waals surface area contributed by atoms with Crippen LogP contribution in [0, 0.1) is 5.92 Å². The monoisotopic (exact) mass is 791 g/mol. The lowest BCUT2D eigenvalue weighted by molar-refractivity contribution is -0.146. The number of likely N-dealkylation sites (N-methyl/N-ethyl adjacent to an activating group) is 1. The molecular formula is C39H58ClN5O10. The number of rotatable bonds is 24. The second-order valence-electron chi connectivity index (χ2n) is 14.4. The Labute approximate surface area is 327 Å². The molecule has 0 spiro atoms. The van der Waals surface area contributed by atoms with Gasteiger partial charge >= 0.3 is 5.97 Å². The predicted octanol–water partition coefficient (Wildman–Crippen LogP) is 1.94. The first kappa shape index (κ1) is 46.7. The molecule has 0 aliphatic rings. The topological polar surface area (TPSA) is 252 Å². The third-order valence-electron chi connectivity index (χ3n) is 9.20. The number of hydrogen-bond acceptors (Lipinski definition) is 10. The minimum atomic E-state index is -1.67. The van der Waals surface area contributed by atoms with Crippen molar-refractivity contribution in [3.05, 3.63) is 59.7 Å². The van der Waals surface area contributed by atoms with Crippen molar-refractivity contribution in [1.82, 2.24) is 20.9 Å². The molecule has 306 valence electrons. The Balaban J connectivity index is 2.28. The minimum Gasteiger partial charge on any atom is -0.508 e. The number of phenolic OH excluding ortho intramolecular Hbond substituents is 2. The fraction of sp³-hybridized carbons (Fsp3) is 0.564. The molecule has 4 amide bonds. The molecule has 15 nitrogen and oxygen atoms in total. The molecule has 0 aliphatic carbocycles. The SMILES string of the molecule is CC(C)CC(C(=O)NC(Cc1ccc(O)cc1)C(=O)NC(Cc1ccc(O)cc1)C(=O)O)N(C)C(=O)C(NC(=O)C(O)C(N)CCCCCCCCl)C(C)O. The van der Waals surface area contributed by atoms with Crippen LogP contribution in [0.1, 0.15) is 76.8 Å². The molecule has 0 fully saturated rings. The lowest BCUT2D eigenvalue weighted by Gasteiger charge is -2.34. The molecule has 2 rings (SSSR count). The summed E-state index contributed by atoms with van der Waals surface area (Å²) in [5.41, 5.74) is 7.12. The van der Waals surface area contributed by atoms with Gasteiger partial charge in [0.25, 0.3) is 5.91 Å². The number of nitrogens with two attached hydrogens (primary N) is 1. The van der Waals surface area contributed by atoms with Gasteiger partial charge in [0.2, 0.25) is 17.7 Å². The summed E-state index contributed by atoms with van der Waals surface area (Å²) in [4.78, 5) is 67.9. The van der Waals surface area contributed by atoms with E-state index >= 15 is 0 Å². The van der Waals surface area contributed by atoms with Crippen molar-refractivity contribution in [1.29, 1.82) is 0 Å². The average molecular weight is 792 g/mol. The first-order valence-corrected chi connectivity index (χ1v) is 19.1. The highest BCUT2D eigenvalue weighted by atomic mass is 35.5. The zero-order valence-electron chi connectivity index (χ0n) is 32.0. The Morgan fingerprint density at radius 2 is 1.22 bits per heavy atom. The molecule has 0 aromatic heterocycles. The van der Waals surface area contributed by atoms with Gasteiger partial charge in [0.1, 0.15) is 41.8 Å². The molecule has 0 saturated heterocycles. The number of halogens is 1. The van der Waals surface area contributed by atoms with E-state index in [2.05, 4.69) is 16.0 Å². The number of nitrogens with one attached hydrogen (secondary N) is 3. The largest absolute Gasteiger partial charge is 0.508 e. The molecule has 16 heteroatoms. The normalized spacial score (nSPS) is 15.1. The van der Waals surface area contributed by atoms with E-state index in [1.807, 2.05) is 13.8 Å². The van der Waals surface area contributed by atoms with Crippen molar-refractivity contribution >= 4 is 41.2 Å². The van der Waals surface area contributed by atoms with E-state index in [1.165, 1.54) is 62.5 Å². The number of carbonyl (C=O) groups is 5. The number of carbonyl (C=O) groups excluding carboxylic acids is 4. The lowest BCUT2D eigenvalue weighted by Crippen LogP contribution is -2.61. The second kappa shape index (κ2) is 23.5. The maximum atomic E-state index is 14.0. The van der Waals surface area contributed by atoms with E-state index in [0.29, 0.717) is 29.8 Å². The van der Waals surface area contributed by atoms with Gasteiger partial charge < -0.3 is 52.1 Å². The van der Waals surface area contributed by atoms with Crippen molar-refractivity contribution in [3.8, 4) is 11.5 Å². The Kier molecular flexibility index (Phi) is 19.9. The zero-order chi connectivity index (χ0) is 41.2. The highest BCUT2D eigenvalue weighted by Gasteiger charge is 2.38. The summed E-state index contributed by atoms with van der Waals surface area (Å²) in [5, 5.41) is 58.1. The Bertz CT molecular complexity index is 1530. The molecule has 2 aromatic carbocycles. The van der Waals surface area contributed by atoms with Gasteiger partial charge in [0.05, 0.1) is 6.10 Å². The molecule has 55 heavy (non-hydrogen) atoms. The highest BCUT2D eigenvalue weighted by Crippen LogP contribution is 2.17. The van der Waals surface area contributed by atoms with Gasteiger partial charge in [-0.15, -0.1) is 11.6 Å². The van der Waals surface area contributed by atoms with E-state index in [1.54, 1.807) is 0 Å². The zero-order valence-corrected chi connectivity index (χ0v) is 32.7. The fourth-order valence-corrected chi connectivity index (χ4v) is 6.12. The number of benzene rings is 2. The third kappa shape index (κ3) is 16.1. The van der Waals surface area contributed by atoms with Crippen molar-refractivity contribution in [3.63, 3.8) is 0 Å². The molecule has 7 unspecified atom stereocenters. The van der Waals surface area contributed by atoms with Crippen LogP contribution in [0.3, 0.4) is 0 Å². The average Bonchev–Trinajstić information content (AvgIpc) is 3.13. The number of unbranched alkanes of at least 4 members (excludes halogenated alkanes) is 4. The molecule has 10 N–H and O–H groups in total. The molecule has 0 bridgehead atoms. The van der Waals surface area contributed by atoms with Crippen LogP contribution in [0.5, 0.6) is 11.5 Å². The van der Waals surface area contributed by atoms with E-state index in [0.717, 1.165) is 30.6 Å². The van der Waals surface area contributed by atoms with Crippen LogP contribution < -0.4 is 21.7 Å². The van der Waals surface area contributed by atoms with E-state index in [4.69, 9.17) is 17.3 Å². The van der Waals surface area contributed by atoms with Crippen LogP contribution in [0.25, 0.3) is 0 Å². The Hall–Kier alpha value is -4.44. The molecule has 0 radical (unpaired) electrons. The molecule has 0 saturated carbocycles. The number of aliphatic hydroxyl groups is 2. The molecule has 0 heterocycles. The smallest absolute Gasteiger partial charge is 0.326 e. The van der Waals surface area contributed by atoms with Crippen molar-refractivity contribution < 1.29 is 49.5 Å². The summed E-state index contributed by atoms with van der Waals surface area (Å²) in [7, 11) is 1.32. The molecular weight excluding hydrogens is 734 g/mol. The maximum Gasteiger partial charge on any atom is 0.326 e. The number of aromatic hydroxyl groups is 2. The number of aliphatic hydroxyl groups excluding tert-OH is 2. The van der Waals surface area contributed by atoms with Crippen LogP contribution in [-0.4, -0.2) is 115 Å². The number of hydrogen-bond donors (Lipinski definition) is 9. The number of carboxylic acids is 1. The van der Waals surface area contributed by atoms with Gasteiger partial charge in [-0.05, 0) is 67.5 Å². The predicted molar refractivity (Wildman–Crippen MR) is 207 cm³/mol. The number of alkyl halides is 1. The van der Waals surface area contributed by atoms with Crippen molar-refractivity contribution in [2.24, 2.45) is 11.7 Å². The first-order chi connectivity index (χ1) is 25.9. The standard InChI is InChI=1S/C39H58ClN5O10/c1-23(2)20-32(45(4)38(53)33(24(3)46)44-37(52)34(49)29(41)10-8-6-5-7-9-19-40)36(51)42-30(21-25-11-15-27(47)16-12-25)35(50)43-31(39(54)55)22-26-13-17-28(48)18-14-26/h11-18,23-24,29-34,46-49H,5-10,19-22,41H2,1-4H3,(H,42,51)(H,43,50)(H,44,52)(H,54,55). The summed E-state index contributed by atoms with van der Waals surface area (Å²) in [6, 6.07) is 5.19. The maximum absolute atomic E-state index is 14.0. The van der Waals surface area contributed by atoms with E-state index < -0.39 is 72.0 Å². The Morgan fingerprint density at radius 3 is 1.71 bits per heavy atom. The summed E-state index contributed by atoms with van der Waals surface area (Å²) in [5.74, 6) is -4.37. The Morgan fingerprint density at radius 1 is 0.727 bits per heavy atom. The van der Waals surface area contributed by atoms with Gasteiger partial charge in [-0.25, -0.2) is 4.79 Å². The second-order valence-corrected chi connectivity index (χ2v) is 14.8. The quantitative estimate of drug-likeness (QED) is 0.0549. The van der Waals surface area contributed by atoms with Crippen molar-refractivity contribution in [2.75, 3.05) is 12.9 Å². The van der Waals surface area contributed by atoms with Gasteiger partial charge in [-0.2, -0.15) is 0 Å². The summed E-state index contributed by atoms with van der Waals surface area (Å²) in [6.07, 6.45) is 1.39. The first-order valence-electron chi connectivity index (χ1n) is 18.6. The number of carboxylic acid groups (broad SMARTS) is 1. The minimum absolute atomic E-state index is 0.0182. The summed E-state index contributed by atoms with van der Waals surface area (Å²) >= 11 is 5.71. The number of amides is 4. The third-order valence-corrected chi connectivity index (χ3v) is 9.47. The van der Waals surface area contributed by atoms with Gasteiger partial charge in [0.15, 0.2) is 0 Å². The molecule has 2 aromatic rings. The summed E-state index contributed by atoms with van der Waals surface area (Å²) < 4.78 is 0. The van der Waals surface area contributed by atoms with Gasteiger partial charge in [-0.3, -0.25) is 19.2 Å². The van der Waals surface area contributed by atoms with Crippen LogP contribution in [0.4, 0.5) is 0 Å². The van der Waals surface area contributed by atoms with Crippen LogP contribution in [0.2, 0.25) is 0 Å². The van der Waals surface area contributed by atoms with Crippen LogP contribution in [-0.2, 0) is 36.8 Å². The van der Waals surface area contributed by atoms with Crippen LogP contribution >= 0.6 is 11.6 Å². The van der Waals surface area contributed by atoms with Gasteiger partial charge in [0, 0.05) is 31.8 Å². The van der Waals surface area contributed by atoms with E-state index in [9.17, 15) is 49.5 Å². The van der Waals surface area contributed by atoms with Gasteiger partial charge in [-0.1, -0.05) is 63.8 Å². The van der Waals surface area contributed by atoms with Crippen LogP contribution in [0.15, 0.2) is 48.5 Å². The number of aliphatic carboxylic acids is 1. The lowest BCUT2D eigenvalue weighted by atomic mass is 9.98. The number of nitrogens with zero attached hydrogens (tertiary/aromatic N) is 1. The number of phenols is 2. The highest BCUT2D eigenvalue weighted by molar-refractivity contribution is 6.17. The summed E-state index contributed by atoms with van der Waals surface area (Å²) in [6.45, 7) is 4.89. The van der Waals surface area contributed by atoms with Crippen molar-refractivity contribution in [2.45, 2.75) is 121 Å². The fourth-order valence-electron chi connectivity index (χ4n) is 5.93. The molecule has 0 aliphatic heterocycles. The molecule has 7 atom stereocenters.